The lowest BCUT2D eigenvalue weighted by Crippen LogP contribution is -2.41. The van der Waals surface area contributed by atoms with Crippen LogP contribution in [0.15, 0.2) is 30.3 Å². The molecule has 25 heavy (non-hydrogen) atoms. The van der Waals surface area contributed by atoms with Gasteiger partial charge in [-0.05, 0) is 36.8 Å². The molecule has 4 rings (SSSR count). The van der Waals surface area contributed by atoms with Gasteiger partial charge in [-0.1, -0.05) is 11.6 Å². The van der Waals surface area contributed by atoms with Crippen LogP contribution in [-0.4, -0.2) is 40.1 Å². The van der Waals surface area contributed by atoms with E-state index in [1.807, 2.05) is 6.07 Å². The third-order valence-electron chi connectivity index (χ3n) is 4.26. The minimum Gasteiger partial charge on any atom is -0.339 e. The third kappa shape index (κ3) is 3.02. The topological polar surface area (TPSA) is 38.1 Å². The number of likely N-dealkylation sites (tertiary alicyclic amines) is 1. The molecule has 8 heteroatoms. The number of carbonyl (C=O) groups is 1. The molecule has 0 N–H and O–H groups in total. The van der Waals surface area contributed by atoms with Gasteiger partial charge in [-0.3, -0.25) is 9.48 Å². The molecule has 0 radical (unpaired) electrons. The zero-order valence-corrected chi connectivity index (χ0v) is 14.7. The SMILES string of the molecule is O=C(c1ccc2c(c1)c(-c1ccc(Cl)s1)nn2CC(F)F)N1CCC1. The van der Waals surface area contributed by atoms with Gasteiger partial charge in [0.1, 0.15) is 12.2 Å². The fourth-order valence-corrected chi connectivity index (χ4v) is 3.95. The van der Waals surface area contributed by atoms with E-state index in [-0.39, 0.29) is 5.91 Å². The normalized spacial score (nSPS) is 14.3. The molecule has 1 amide bonds. The Bertz CT molecular complexity index is 949. The third-order valence-corrected chi connectivity index (χ3v) is 5.50. The van der Waals surface area contributed by atoms with Crippen molar-refractivity contribution in [1.29, 1.82) is 0 Å². The van der Waals surface area contributed by atoms with Gasteiger partial charge in [-0.25, -0.2) is 8.78 Å². The number of thiophene rings is 1. The monoisotopic (exact) mass is 381 g/mol. The van der Waals surface area contributed by atoms with Crippen molar-refractivity contribution in [2.45, 2.75) is 19.4 Å². The second kappa shape index (κ2) is 6.38. The van der Waals surface area contributed by atoms with Crippen molar-refractivity contribution in [2.24, 2.45) is 0 Å². The standard InChI is InChI=1S/C17H14ClF2N3OS/c18-14-5-4-13(25-14)16-11-8-10(17(24)22-6-1-7-22)2-3-12(11)23(21-16)9-15(19)20/h2-5,8,15H,1,6-7,9H2. The highest BCUT2D eigenvalue weighted by atomic mass is 35.5. The number of fused-ring (bicyclic) bond motifs is 1. The summed E-state index contributed by atoms with van der Waals surface area (Å²) in [5.41, 5.74) is 1.71. The lowest BCUT2D eigenvalue weighted by Gasteiger charge is -2.30. The average molecular weight is 382 g/mol. The van der Waals surface area contributed by atoms with Crippen LogP contribution in [0.5, 0.6) is 0 Å². The molecule has 3 heterocycles. The second-order valence-corrected chi connectivity index (χ2v) is 7.62. The number of nitrogens with zero attached hydrogens (tertiary/aromatic N) is 3. The molecule has 0 saturated carbocycles. The van der Waals surface area contributed by atoms with Gasteiger partial charge in [0.25, 0.3) is 12.3 Å². The lowest BCUT2D eigenvalue weighted by molar-refractivity contribution is 0.0652. The molecule has 1 fully saturated rings. The highest BCUT2D eigenvalue weighted by Gasteiger charge is 2.23. The number of amides is 1. The molecule has 130 valence electrons. The van der Waals surface area contributed by atoms with Crippen molar-refractivity contribution >= 4 is 39.7 Å². The molecule has 1 aliphatic rings. The largest absolute Gasteiger partial charge is 0.339 e. The molecule has 0 atom stereocenters. The Morgan fingerprint density at radius 3 is 2.68 bits per heavy atom. The smallest absolute Gasteiger partial charge is 0.257 e. The molecular weight excluding hydrogens is 368 g/mol. The molecule has 3 aromatic rings. The Hall–Kier alpha value is -1.99. The quantitative estimate of drug-likeness (QED) is 0.666. The van der Waals surface area contributed by atoms with Crippen molar-refractivity contribution in [3.8, 4) is 10.6 Å². The van der Waals surface area contributed by atoms with Crippen LogP contribution >= 0.6 is 22.9 Å². The summed E-state index contributed by atoms with van der Waals surface area (Å²) in [7, 11) is 0. The summed E-state index contributed by atoms with van der Waals surface area (Å²) in [4.78, 5) is 15.0. The first-order valence-corrected chi connectivity index (χ1v) is 9.06. The van der Waals surface area contributed by atoms with Gasteiger partial charge in [0.15, 0.2) is 0 Å². The van der Waals surface area contributed by atoms with Gasteiger partial charge in [0.05, 0.1) is 14.7 Å². The summed E-state index contributed by atoms with van der Waals surface area (Å²) >= 11 is 7.34. The Balaban J connectivity index is 1.84. The molecular formula is C17H14ClF2N3OS. The minimum absolute atomic E-state index is 0.0371. The van der Waals surface area contributed by atoms with Gasteiger partial charge in [-0.2, -0.15) is 5.10 Å². The van der Waals surface area contributed by atoms with Crippen molar-refractivity contribution in [3.63, 3.8) is 0 Å². The van der Waals surface area contributed by atoms with E-state index in [0.29, 0.717) is 26.5 Å². The van der Waals surface area contributed by atoms with Crippen LogP contribution in [0, 0.1) is 0 Å². The lowest BCUT2D eigenvalue weighted by atomic mass is 10.1. The maximum atomic E-state index is 12.9. The molecule has 0 aliphatic carbocycles. The Morgan fingerprint density at radius 1 is 1.28 bits per heavy atom. The molecule has 4 nitrogen and oxygen atoms in total. The molecule has 1 aliphatic heterocycles. The number of halogens is 3. The van der Waals surface area contributed by atoms with Crippen molar-refractivity contribution < 1.29 is 13.6 Å². The van der Waals surface area contributed by atoms with Gasteiger partial charge in [0, 0.05) is 24.0 Å². The van der Waals surface area contributed by atoms with Crippen molar-refractivity contribution in [3.05, 3.63) is 40.2 Å². The van der Waals surface area contributed by atoms with Crippen molar-refractivity contribution in [1.82, 2.24) is 14.7 Å². The Labute approximate surface area is 151 Å². The van der Waals surface area contributed by atoms with E-state index >= 15 is 0 Å². The number of hydrogen-bond acceptors (Lipinski definition) is 3. The summed E-state index contributed by atoms with van der Waals surface area (Å²) in [6.45, 7) is 1.03. The van der Waals surface area contributed by atoms with E-state index in [9.17, 15) is 13.6 Å². The van der Waals surface area contributed by atoms with Crippen LogP contribution in [0.4, 0.5) is 8.78 Å². The number of benzene rings is 1. The van der Waals surface area contributed by atoms with Gasteiger partial charge in [0.2, 0.25) is 0 Å². The highest BCUT2D eigenvalue weighted by Crippen LogP contribution is 2.35. The second-order valence-electron chi connectivity index (χ2n) is 5.90. The number of aromatic nitrogens is 2. The van der Waals surface area contributed by atoms with E-state index in [2.05, 4.69) is 5.10 Å². The van der Waals surface area contributed by atoms with Crippen LogP contribution in [0.2, 0.25) is 4.34 Å². The average Bonchev–Trinajstić information content (AvgIpc) is 3.09. The molecule has 1 saturated heterocycles. The summed E-state index contributed by atoms with van der Waals surface area (Å²) in [6.07, 6.45) is -1.50. The molecule has 0 bridgehead atoms. The van der Waals surface area contributed by atoms with Gasteiger partial charge < -0.3 is 4.90 Å². The summed E-state index contributed by atoms with van der Waals surface area (Å²) in [5, 5.41) is 5.04. The zero-order chi connectivity index (χ0) is 17.6. The van der Waals surface area contributed by atoms with Crippen LogP contribution in [-0.2, 0) is 6.54 Å². The predicted octanol–water partition coefficient (Wildman–Crippen LogP) is 4.53. The number of hydrogen-bond donors (Lipinski definition) is 0. The van der Waals surface area contributed by atoms with Crippen LogP contribution in [0.1, 0.15) is 16.8 Å². The Morgan fingerprint density at radius 2 is 2.08 bits per heavy atom. The first kappa shape index (κ1) is 16.5. The van der Waals surface area contributed by atoms with E-state index in [1.54, 1.807) is 29.2 Å². The molecule has 2 aromatic heterocycles. The first-order chi connectivity index (χ1) is 12.0. The van der Waals surface area contributed by atoms with E-state index < -0.39 is 13.0 Å². The fourth-order valence-electron chi connectivity index (χ4n) is 2.91. The highest BCUT2D eigenvalue weighted by molar-refractivity contribution is 7.19. The Kier molecular flexibility index (Phi) is 4.21. The van der Waals surface area contributed by atoms with Crippen LogP contribution in [0.25, 0.3) is 21.5 Å². The maximum absolute atomic E-state index is 12.9. The molecule has 0 spiro atoms. The number of alkyl halides is 2. The van der Waals surface area contributed by atoms with Gasteiger partial charge >= 0.3 is 0 Å². The summed E-state index contributed by atoms with van der Waals surface area (Å²) in [6, 6.07) is 8.67. The number of carbonyl (C=O) groups excluding carboxylic acids is 1. The summed E-state index contributed by atoms with van der Waals surface area (Å²) < 4.78 is 27.7. The van der Waals surface area contributed by atoms with E-state index in [4.69, 9.17) is 11.6 Å². The first-order valence-electron chi connectivity index (χ1n) is 7.86. The van der Waals surface area contributed by atoms with Crippen LogP contribution < -0.4 is 0 Å². The maximum Gasteiger partial charge on any atom is 0.257 e. The minimum atomic E-state index is -2.51. The molecule has 1 aromatic carbocycles. The number of rotatable bonds is 4. The zero-order valence-electron chi connectivity index (χ0n) is 13.1. The molecule has 0 unspecified atom stereocenters. The van der Waals surface area contributed by atoms with E-state index in [0.717, 1.165) is 24.4 Å². The van der Waals surface area contributed by atoms with Crippen LogP contribution in [0.3, 0.4) is 0 Å². The predicted molar refractivity (Wildman–Crippen MR) is 94.6 cm³/mol. The fraction of sp³-hybridized carbons (Fsp3) is 0.294. The van der Waals surface area contributed by atoms with E-state index in [1.165, 1.54) is 16.0 Å². The van der Waals surface area contributed by atoms with Crippen molar-refractivity contribution in [2.75, 3.05) is 13.1 Å². The van der Waals surface area contributed by atoms with Gasteiger partial charge in [-0.15, -0.1) is 11.3 Å². The summed E-state index contributed by atoms with van der Waals surface area (Å²) in [5.74, 6) is -0.0371.